The molecule has 0 aliphatic rings. The van der Waals surface area contributed by atoms with Crippen LogP contribution in [0.1, 0.15) is 16.6 Å². The number of anilines is 1. The van der Waals surface area contributed by atoms with E-state index in [-0.39, 0.29) is 17.4 Å². The Kier molecular flexibility index (Phi) is 2.78. The number of hydrogen-bond donors (Lipinski definition) is 2. The molecule has 0 saturated heterocycles. The van der Waals surface area contributed by atoms with Gasteiger partial charge in [0.05, 0.1) is 11.1 Å². The maximum Gasteiger partial charge on any atom is 0.263 e. The van der Waals surface area contributed by atoms with Gasteiger partial charge in [-0.1, -0.05) is 6.07 Å². The number of halogens is 1. The highest BCUT2D eigenvalue weighted by Gasteiger charge is 2.17. The Balaban J connectivity index is 2.61. The van der Waals surface area contributed by atoms with Gasteiger partial charge in [0.25, 0.3) is 5.91 Å². The lowest BCUT2D eigenvalue weighted by atomic mass is 10.2. The number of nitrogens with one attached hydrogen (secondary N) is 1. The molecule has 2 aromatic rings. The Bertz CT molecular complexity index is 550. The summed E-state index contributed by atoms with van der Waals surface area (Å²) in [7, 11) is 0. The summed E-state index contributed by atoms with van der Waals surface area (Å²) in [5.41, 5.74) is 6.01. The van der Waals surface area contributed by atoms with E-state index in [9.17, 15) is 9.18 Å². The third kappa shape index (κ3) is 1.63. The van der Waals surface area contributed by atoms with E-state index in [0.29, 0.717) is 21.5 Å². The molecule has 1 amide bonds. The van der Waals surface area contributed by atoms with Crippen LogP contribution in [-0.2, 0) is 0 Å². The predicted molar refractivity (Wildman–Crippen MR) is 64.2 cm³/mol. The molecule has 84 valence electrons. The SMILES string of the molecule is CCNC(=O)c1sc2cccc(F)c2c1N. The number of thiophene rings is 1. The quantitative estimate of drug-likeness (QED) is 0.844. The summed E-state index contributed by atoms with van der Waals surface area (Å²) in [4.78, 5) is 12.0. The van der Waals surface area contributed by atoms with E-state index in [0.717, 1.165) is 0 Å². The van der Waals surface area contributed by atoms with Crippen LogP contribution < -0.4 is 11.1 Å². The summed E-state index contributed by atoms with van der Waals surface area (Å²) < 4.78 is 14.2. The van der Waals surface area contributed by atoms with Crippen LogP contribution in [0.3, 0.4) is 0 Å². The second-order valence-electron chi connectivity index (χ2n) is 3.32. The average Bonchev–Trinajstić information content (AvgIpc) is 2.58. The average molecular weight is 238 g/mol. The fourth-order valence-corrected chi connectivity index (χ4v) is 2.59. The minimum absolute atomic E-state index is 0.226. The summed E-state index contributed by atoms with van der Waals surface area (Å²) in [6, 6.07) is 4.70. The Labute approximate surface area is 96.1 Å². The van der Waals surface area contributed by atoms with Gasteiger partial charge in [-0.15, -0.1) is 11.3 Å². The number of nitrogens with two attached hydrogens (primary N) is 1. The molecule has 0 saturated carbocycles. The van der Waals surface area contributed by atoms with Crippen molar-refractivity contribution in [1.29, 1.82) is 0 Å². The van der Waals surface area contributed by atoms with Gasteiger partial charge in [0.15, 0.2) is 0 Å². The molecule has 3 nitrogen and oxygen atoms in total. The lowest BCUT2D eigenvalue weighted by Gasteiger charge is -1.99. The number of fused-ring (bicyclic) bond motifs is 1. The largest absolute Gasteiger partial charge is 0.397 e. The summed E-state index contributed by atoms with van der Waals surface area (Å²) in [5.74, 6) is -0.637. The van der Waals surface area contributed by atoms with Crippen molar-refractivity contribution in [3.05, 3.63) is 28.9 Å². The fraction of sp³-hybridized carbons (Fsp3) is 0.182. The molecular formula is C11H11FN2OS. The van der Waals surface area contributed by atoms with Gasteiger partial charge in [-0.05, 0) is 19.1 Å². The molecule has 1 heterocycles. The molecule has 0 aliphatic heterocycles. The number of benzene rings is 1. The van der Waals surface area contributed by atoms with E-state index in [4.69, 9.17) is 5.73 Å². The van der Waals surface area contributed by atoms with Crippen LogP contribution in [0.2, 0.25) is 0 Å². The van der Waals surface area contributed by atoms with Gasteiger partial charge in [0.1, 0.15) is 10.7 Å². The predicted octanol–water partition coefficient (Wildman–Crippen LogP) is 2.37. The smallest absolute Gasteiger partial charge is 0.263 e. The number of carbonyl (C=O) groups excluding carboxylic acids is 1. The Morgan fingerprint density at radius 1 is 1.56 bits per heavy atom. The normalized spacial score (nSPS) is 10.6. The first-order valence-corrected chi connectivity index (χ1v) is 5.71. The van der Waals surface area contributed by atoms with Crippen molar-refractivity contribution in [3.8, 4) is 0 Å². The lowest BCUT2D eigenvalue weighted by Crippen LogP contribution is -2.22. The molecule has 16 heavy (non-hydrogen) atoms. The minimum atomic E-state index is -0.387. The number of carbonyl (C=O) groups is 1. The topological polar surface area (TPSA) is 55.1 Å². The maximum atomic E-state index is 13.5. The Morgan fingerprint density at radius 2 is 2.31 bits per heavy atom. The summed E-state index contributed by atoms with van der Waals surface area (Å²) in [6.45, 7) is 2.34. The number of nitrogen functional groups attached to an aromatic ring is 1. The van der Waals surface area contributed by atoms with E-state index in [1.54, 1.807) is 12.1 Å². The molecule has 0 atom stereocenters. The zero-order chi connectivity index (χ0) is 11.7. The van der Waals surface area contributed by atoms with Gasteiger partial charge in [0, 0.05) is 11.2 Å². The van der Waals surface area contributed by atoms with Gasteiger partial charge in [0.2, 0.25) is 0 Å². The zero-order valence-electron chi connectivity index (χ0n) is 8.71. The molecule has 2 rings (SSSR count). The van der Waals surface area contributed by atoms with Crippen molar-refractivity contribution in [2.24, 2.45) is 0 Å². The molecule has 3 N–H and O–H groups in total. The highest BCUT2D eigenvalue weighted by molar-refractivity contribution is 7.21. The van der Waals surface area contributed by atoms with Crippen LogP contribution in [0.15, 0.2) is 18.2 Å². The van der Waals surface area contributed by atoms with E-state index >= 15 is 0 Å². The molecule has 1 aromatic carbocycles. The highest BCUT2D eigenvalue weighted by atomic mass is 32.1. The number of rotatable bonds is 2. The minimum Gasteiger partial charge on any atom is -0.397 e. The monoisotopic (exact) mass is 238 g/mol. The summed E-state index contributed by atoms with van der Waals surface area (Å²) in [5, 5.41) is 2.99. The highest BCUT2D eigenvalue weighted by Crippen LogP contribution is 2.35. The van der Waals surface area contributed by atoms with Crippen LogP contribution in [0.4, 0.5) is 10.1 Å². The van der Waals surface area contributed by atoms with Crippen molar-refractivity contribution < 1.29 is 9.18 Å². The van der Waals surface area contributed by atoms with Gasteiger partial charge in [-0.2, -0.15) is 0 Å². The van der Waals surface area contributed by atoms with E-state index < -0.39 is 0 Å². The molecule has 0 radical (unpaired) electrons. The van der Waals surface area contributed by atoms with Crippen molar-refractivity contribution in [3.63, 3.8) is 0 Å². The van der Waals surface area contributed by atoms with Crippen molar-refractivity contribution >= 4 is 33.0 Å². The molecule has 0 bridgehead atoms. The van der Waals surface area contributed by atoms with E-state index in [1.807, 2.05) is 6.92 Å². The fourth-order valence-electron chi connectivity index (χ4n) is 1.54. The molecule has 5 heteroatoms. The number of hydrogen-bond acceptors (Lipinski definition) is 3. The van der Waals surface area contributed by atoms with Crippen molar-refractivity contribution in [2.75, 3.05) is 12.3 Å². The third-order valence-corrected chi connectivity index (χ3v) is 3.41. The molecule has 0 spiro atoms. The lowest BCUT2D eigenvalue weighted by molar-refractivity contribution is 0.0960. The van der Waals surface area contributed by atoms with Crippen LogP contribution in [0.5, 0.6) is 0 Å². The van der Waals surface area contributed by atoms with E-state index in [1.165, 1.54) is 17.4 Å². The van der Waals surface area contributed by atoms with Gasteiger partial charge >= 0.3 is 0 Å². The molecule has 0 fully saturated rings. The Hall–Kier alpha value is -1.62. The summed E-state index contributed by atoms with van der Waals surface area (Å²) >= 11 is 1.21. The molecular weight excluding hydrogens is 227 g/mol. The second-order valence-corrected chi connectivity index (χ2v) is 4.37. The van der Waals surface area contributed by atoms with Crippen LogP contribution in [0.25, 0.3) is 10.1 Å². The molecule has 0 aliphatic carbocycles. The molecule has 0 unspecified atom stereocenters. The first-order valence-electron chi connectivity index (χ1n) is 4.89. The second kappa shape index (κ2) is 4.09. The van der Waals surface area contributed by atoms with Crippen molar-refractivity contribution in [1.82, 2.24) is 5.32 Å². The first kappa shape index (κ1) is 10.9. The standard InChI is InChI=1S/C11H11FN2OS/c1-2-14-11(15)10-9(13)8-6(12)4-3-5-7(8)16-10/h3-5H,2,13H2,1H3,(H,14,15). The number of amides is 1. The Morgan fingerprint density at radius 3 is 2.94 bits per heavy atom. The van der Waals surface area contributed by atoms with Gasteiger partial charge in [-0.25, -0.2) is 4.39 Å². The first-order chi connectivity index (χ1) is 7.65. The van der Waals surface area contributed by atoms with Gasteiger partial charge < -0.3 is 11.1 Å². The van der Waals surface area contributed by atoms with Crippen LogP contribution >= 0.6 is 11.3 Å². The van der Waals surface area contributed by atoms with Crippen LogP contribution in [0, 0.1) is 5.82 Å². The maximum absolute atomic E-state index is 13.5. The third-order valence-electron chi connectivity index (χ3n) is 2.24. The molecule has 1 aromatic heterocycles. The van der Waals surface area contributed by atoms with E-state index in [2.05, 4.69) is 5.32 Å². The van der Waals surface area contributed by atoms with Crippen LogP contribution in [-0.4, -0.2) is 12.5 Å². The zero-order valence-corrected chi connectivity index (χ0v) is 9.53. The summed E-state index contributed by atoms with van der Waals surface area (Å²) in [6.07, 6.45) is 0. The van der Waals surface area contributed by atoms with Gasteiger partial charge in [-0.3, -0.25) is 4.79 Å². The van der Waals surface area contributed by atoms with Crippen molar-refractivity contribution in [2.45, 2.75) is 6.92 Å².